The van der Waals surface area contributed by atoms with E-state index in [0.29, 0.717) is 29.4 Å². The first-order valence-corrected chi connectivity index (χ1v) is 8.63. The number of fused-ring (bicyclic) bond motifs is 1. The molecule has 2 aromatic carbocycles. The van der Waals surface area contributed by atoms with Crippen LogP contribution in [0.4, 0.5) is 5.69 Å². The average molecular weight is 361 g/mol. The number of aliphatic hydroxyl groups excluding tert-OH is 1. The van der Waals surface area contributed by atoms with Crippen LogP contribution in [-0.4, -0.2) is 22.5 Å². The fraction of sp³-hybridized carbons (Fsp3) is 0.143. The van der Waals surface area contributed by atoms with E-state index in [1.54, 1.807) is 18.5 Å². The van der Waals surface area contributed by atoms with Crippen molar-refractivity contribution in [3.8, 4) is 11.5 Å². The van der Waals surface area contributed by atoms with Gasteiger partial charge in [-0.2, -0.15) is 0 Å². The smallest absolute Gasteiger partial charge is 0.153 e. The van der Waals surface area contributed by atoms with E-state index in [1.807, 2.05) is 54.6 Å². The Bertz CT molecular complexity index is 944. The standard InChI is InChI=1S/C21H19N3O3/c25-21-18-9-10-22-12-19(18)23-20(24-21)14-27-17-8-4-7-16(11-17)26-13-15-5-2-1-3-6-15/h1-12,21,25H,13-14H2,(H,23,24). The number of rotatable bonds is 6. The topological polar surface area (TPSA) is 76.0 Å². The molecule has 0 spiro atoms. The van der Waals surface area contributed by atoms with Crippen molar-refractivity contribution in [2.75, 3.05) is 6.61 Å². The third-order valence-electron chi connectivity index (χ3n) is 4.12. The Balaban J connectivity index is 1.38. The Morgan fingerprint density at radius 3 is 2.52 bits per heavy atom. The minimum atomic E-state index is -0.820. The Morgan fingerprint density at radius 2 is 1.70 bits per heavy atom. The molecule has 1 unspecified atom stereocenters. The molecule has 0 saturated carbocycles. The quantitative estimate of drug-likeness (QED) is 0.704. The molecule has 2 N–H and O–H groups in total. The highest BCUT2D eigenvalue weighted by molar-refractivity contribution is 5.88. The lowest BCUT2D eigenvalue weighted by Gasteiger charge is -2.22. The predicted octanol–water partition coefficient (Wildman–Crippen LogP) is 3.36. The van der Waals surface area contributed by atoms with Gasteiger partial charge in [0.25, 0.3) is 0 Å². The summed E-state index contributed by atoms with van der Waals surface area (Å²) in [5, 5.41) is 13.1. The van der Waals surface area contributed by atoms with E-state index in [0.717, 1.165) is 11.3 Å². The molecule has 6 heteroatoms. The monoisotopic (exact) mass is 361 g/mol. The van der Waals surface area contributed by atoms with Gasteiger partial charge in [-0.1, -0.05) is 36.4 Å². The molecule has 4 rings (SSSR count). The van der Waals surface area contributed by atoms with E-state index in [4.69, 9.17) is 9.47 Å². The van der Waals surface area contributed by atoms with Crippen molar-refractivity contribution in [2.45, 2.75) is 12.8 Å². The van der Waals surface area contributed by atoms with Crippen molar-refractivity contribution in [1.29, 1.82) is 0 Å². The molecule has 1 aliphatic rings. The van der Waals surface area contributed by atoms with Crippen LogP contribution in [0, 0.1) is 0 Å². The average Bonchev–Trinajstić information content (AvgIpc) is 2.72. The summed E-state index contributed by atoms with van der Waals surface area (Å²) >= 11 is 0. The zero-order chi connectivity index (χ0) is 18.5. The second-order valence-corrected chi connectivity index (χ2v) is 6.08. The zero-order valence-electron chi connectivity index (χ0n) is 14.6. The summed E-state index contributed by atoms with van der Waals surface area (Å²) in [5.74, 6) is 1.93. The highest BCUT2D eigenvalue weighted by Crippen LogP contribution is 2.27. The molecule has 1 aliphatic heterocycles. The van der Waals surface area contributed by atoms with Gasteiger partial charge in [-0.25, -0.2) is 4.99 Å². The summed E-state index contributed by atoms with van der Waals surface area (Å²) < 4.78 is 11.6. The van der Waals surface area contributed by atoms with Crippen LogP contribution in [0.3, 0.4) is 0 Å². The van der Waals surface area contributed by atoms with Crippen LogP contribution in [0.2, 0.25) is 0 Å². The molecule has 0 radical (unpaired) electrons. The SMILES string of the molecule is OC1NC(COc2cccc(OCc3ccccc3)c2)=Nc2cnccc21. The number of aliphatic imine (C=N–C) groups is 1. The molecule has 0 aliphatic carbocycles. The second-order valence-electron chi connectivity index (χ2n) is 6.08. The van der Waals surface area contributed by atoms with Crippen LogP contribution in [0.5, 0.6) is 11.5 Å². The lowest BCUT2D eigenvalue weighted by molar-refractivity contribution is 0.158. The number of aromatic nitrogens is 1. The van der Waals surface area contributed by atoms with Crippen LogP contribution in [0.25, 0.3) is 0 Å². The molecule has 0 amide bonds. The minimum absolute atomic E-state index is 0.202. The minimum Gasteiger partial charge on any atom is -0.489 e. The molecule has 136 valence electrons. The van der Waals surface area contributed by atoms with Gasteiger partial charge in [0.2, 0.25) is 0 Å². The number of amidine groups is 1. The van der Waals surface area contributed by atoms with E-state index >= 15 is 0 Å². The summed E-state index contributed by atoms with van der Waals surface area (Å²) in [6.07, 6.45) is 2.43. The van der Waals surface area contributed by atoms with Gasteiger partial charge in [0.15, 0.2) is 6.23 Å². The third kappa shape index (κ3) is 4.24. The van der Waals surface area contributed by atoms with Crippen LogP contribution in [-0.2, 0) is 6.61 Å². The molecular weight excluding hydrogens is 342 g/mol. The molecule has 27 heavy (non-hydrogen) atoms. The maximum Gasteiger partial charge on any atom is 0.153 e. The summed E-state index contributed by atoms with van der Waals surface area (Å²) in [6, 6.07) is 19.2. The number of pyridine rings is 1. The number of hydrogen-bond acceptors (Lipinski definition) is 6. The van der Waals surface area contributed by atoms with E-state index in [-0.39, 0.29) is 6.61 Å². The molecule has 0 fully saturated rings. The summed E-state index contributed by atoms with van der Waals surface area (Å²) in [4.78, 5) is 8.47. The van der Waals surface area contributed by atoms with Crippen molar-refractivity contribution in [3.05, 3.63) is 84.2 Å². The zero-order valence-corrected chi connectivity index (χ0v) is 14.6. The van der Waals surface area contributed by atoms with E-state index < -0.39 is 6.23 Å². The highest BCUT2D eigenvalue weighted by Gasteiger charge is 2.19. The number of ether oxygens (including phenoxy) is 2. The second kappa shape index (κ2) is 7.88. The number of hydrogen-bond donors (Lipinski definition) is 2. The Morgan fingerprint density at radius 1 is 0.926 bits per heavy atom. The van der Waals surface area contributed by atoms with E-state index in [1.165, 1.54) is 0 Å². The van der Waals surface area contributed by atoms with Crippen molar-refractivity contribution in [3.63, 3.8) is 0 Å². The molecule has 6 nitrogen and oxygen atoms in total. The van der Waals surface area contributed by atoms with E-state index in [9.17, 15) is 5.11 Å². The number of nitrogens with zero attached hydrogens (tertiary/aromatic N) is 2. The van der Waals surface area contributed by atoms with Gasteiger partial charge >= 0.3 is 0 Å². The van der Waals surface area contributed by atoms with Gasteiger partial charge in [-0.05, 0) is 23.8 Å². The molecule has 3 aromatic rings. The van der Waals surface area contributed by atoms with Gasteiger partial charge in [-0.3, -0.25) is 4.98 Å². The lowest BCUT2D eigenvalue weighted by Crippen LogP contribution is -2.35. The first kappa shape index (κ1) is 17.1. The molecule has 0 saturated heterocycles. The fourth-order valence-electron chi connectivity index (χ4n) is 2.76. The van der Waals surface area contributed by atoms with Crippen molar-refractivity contribution in [1.82, 2.24) is 10.3 Å². The first-order valence-electron chi connectivity index (χ1n) is 8.63. The first-order chi connectivity index (χ1) is 13.3. The molecule has 2 heterocycles. The van der Waals surface area contributed by atoms with Crippen LogP contribution in [0.15, 0.2) is 78.0 Å². The summed E-state index contributed by atoms with van der Waals surface area (Å²) in [7, 11) is 0. The highest BCUT2D eigenvalue weighted by atomic mass is 16.5. The van der Waals surface area contributed by atoms with Gasteiger partial charge in [-0.15, -0.1) is 0 Å². The molecule has 1 aromatic heterocycles. The Labute approximate surface area is 157 Å². The number of aliphatic hydroxyl groups is 1. The maximum atomic E-state index is 10.2. The van der Waals surface area contributed by atoms with Gasteiger partial charge in [0, 0.05) is 17.8 Å². The normalized spacial score (nSPS) is 15.3. The van der Waals surface area contributed by atoms with E-state index in [2.05, 4.69) is 15.3 Å². The third-order valence-corrected chi connectivity index (χ3v) is 4.12. The van der Waals surface area contributed by atoms with Gasteiger partial charge in [0.1, 0.15) is 30.5 Å². The predicted molar refractivity (Wildman–Crippen MR) is 102 cm³/mol. The van der Waals surface area contributed by atoms with Crippen LogP contribution in [0.1, 0.15) is 17.4 Å². The van der Waals surface area contributed by atoms with Gasteiger partial charge < -0.3 is 19.9 Å². The van der Waals surface area contributed by atoms with Crippen molar-refractivity contribution < 1.29 is 14.6 Å². The van der Waals surface area contributed by atoms with Crippen LogP contribution >= 0.6 is 0 Å². The summed E-state index contributed by atoms with van der Waals surface area (Å²) in [5.41, 5.74) is 2.44. The largest absolute Gasteiger partial charge is 0.489 e. The molecule has 1 atom stereocenters. The lowest BCUT2D eigenvalue weighted by atomic mass is 10.2. The Hall–Kier alpha value is -3.38. The van der Waals surface area contributed by atoms with Gasteiger partial charge in [0.05, 0.1) is 11.9 Å². The summed E-state index contributed by atoms with van der Waals surface area (Å²) in [6.45, 7) is 0.696. The maximum absolute atomic E-state index is 10.2. The van der Waals surface area contributed by atoms with Crippen molar-refractivity contribution in [2.24, 2.45) is 4.99 Å². The molecular formula is C21H19N3O3. The van der Waals surface area contributed by atoms with Crippen molar-refractivity contribution >= 4 is 11.5 Å². The number of nitrogens with one attached hydrogen (secondary N) is 1. The molecule has 0 bridgehead atoms. The number of benzene rings is 2. The fourth-order valence-corrected chi connectivity index (χ4v) is 2.76. The Kier molecular flexibility index (Phi) is 4.98. The van der Waals surface area contributed by atoms with Crippen LogP contribution < -0.4 is 14.8 Å².